The van der Waals surface area contributed by atoms with Crippen molar-refractivity contribution in [3.63, 3.8) is 0 Å². The third-order valence-electron chi connectivity index (χ3n) is 5.38. The smallest absolute Gasteiger partial charge is 0.191 e. The molecular weight excluding hydrogens is 378 g/mol. The van der Waals surface area contributed by atoms with Gasteiger partial charge in [0, 0.05) is 36.1 Å². The largest absolute Gasteiger partial charge is 0.356 e. The number of nitrogens with zero attached hydrogens (tertiary/aromatic N) is 2. The Hall–Kier alpha value is -1.99. The number of benzene rings is 1. The van der Waals surface area contributed by atoms with E-state index >= 15 is 0 Å². The summed E-state index contributed by atoms with van der Waals surface area (Å²) in [6, 6.07) is 8.03. The summed E-state index contributed by atoms with van der Waals surface area (Å²) in [6.45, 7) is 3.73. The molecule has 1 fully saturated rings. The van der Waals surface area contributed by atoms with Gasteiger partial charge in [0.25, 0.3) is 0 Å². The second-order valence-electron chi connectivity index (χ2n) is 7.33. The second kappa shape index (κ2) is 9.47. The summed E-state index contributed by atoms with van der Waals surface area (Å²) in [7, 11) is 3.88. The molecular formula is C21H28F2N4S. The van der Waals surface area contributed by atoms with Gasteiger partial charge in [-0.2, -0.15) is 0 Å². The molecule has 1 aliphatic rings. The molecule has 2 heterocycles. The van der Waals surface area contributed by atoms with Crippen LogP contribution in [-0.4, -0.2) is 38.0 Å². The van der Waals surface area contributed by atoms with Crippen LogP contribution in [0.4, 0.5) is 8.78 Å². The van der Waals surface area contributed by atoms with E-state index in [9.17, 15) is 8.78 Å². The molecule has 2 N–H and O–H groups in total. The van der Waals surface area contributed by atoms with Crippen LogP contribution in [0.5, 0.6) is 0 Å². The maximum Gasteiger partial charge on any atom is 0.191 e. The summed E-state index contributed by atoms with van der Waals surface area (Å²) in [5.41, 5.74) is 0.415. The number of guanidine groups is 1. The van der Waals surface area contributed by atoms with Gasteiger partial charge in [-0.05, 0) is 56.8 Å². The van der Waals surface area contributed by atoms with Gasteiger partial charge in [0.05, 0.1) is 6.04 Å². The second-order valence-corrected chi connectivity index (χ2v) is 8.31. The van der Waals surface area contributed by atoms with Crippen LogP contribution in [0.1, 0.15) is 42.3 Å². The molecule has 1 aromatic heterocycles. The normalized spacial score (nSPS) is 22.1. The number of halogens is 2. The molecule has 3 rings (SSSR count). The highest BCUT2D eigenvalue weighted by atomic mass is 32.1. The Bertz CT molecular complexity index is 794. The zero-order chi connectivity index (χ0) is 20.1. The van der Waals surface area contributed by atoms with E-state index in [1.165, 1.54) is 23.4 Å². The first-order chi connectivity index (χ1) is 13.5. The Morgan fingerprint density at radius 1 is 1.36 bits per heavy atom. The van der Waals surface area contributed by atoms with Gasteiger partial charge in [-0.3, -0.25) is 9.89 Å². The Morgan fingerprint density at radius 3 is 2.86 bits per heavy atom. The van der Waals surface area contributed by atoms with Gasteiger partial charge in [0.2, 0.25) is 0 Å². The lowest BCUT2D eigenvalue weighted by Gasteiger charge is -2.39. The maximum absolute atomic E-state index is 14.0. The lowest BCUT2D eigenvalue weighted by atomic mass is 9.88. The van der Waals surface area contributed by atoms with Crippen molar-refractivity contribution in [2.24, 2.45) is 10.9 Å². The molecule has 7 heteroatoms. The van der Waals surface area contributed by atoms with Crippen molar-refractivity contribution in [2.45, 2.75) is 31.8 Å². The van der Waals surface area contributed by atoms with Crippen LogP contribution in [-0.2, 0) is 0 Å². The van der Waals surface area contributed by atoms with Gasteiger partial charge in [0.15, 0.2) is 5.96 Å². The fourth-order valence-electron chi connectivity index (χ4n) is 3.94. The van der Waals surface area contributed by atoms with Crippen LogP contribution in [0.2, 0.25) is 0 Å². The molecule has 1 aliphatic heterocycles. The number of rotatable bonds is 5. The number of likely N-dealkylation sites (tertiary alicyclic amines) is 1. The average molecular weight is 407 g/mol. The van der Waals surface area contributed by atoms with Crippen LogP contribution in [0.15, 0.2) is 40.7 Å². The van der Waals surface area contributed by atoms with E-state index in [1.54, 1.807) is 18.4 Å². The molecule has 4 nitrogen and oxygen atoms in total. The molecule has 0 amide bonds. The molecule has 0 spiro atoms. The number of nitrogens with one attached hydrogen (secondary N) is 2. The fourth-order valence-corrected chi connectivity index (χ4v) is 4.92. The lowest BCUT2D eigenvalue weighted by molar-refractivity contribution is 0.125. The van der Waals surface area contributed by atoms with Crippen molar-refractivity contribution in [2.75, 3.05) is 27.2 Å². The van der Waals surface area contributed by atoms with Gasteiger partial charge in [0.1, 0.15) is 11.6 Å². The summed E-state index contributed by atoms with van der Waals surface area (Å²) in [5, 5.41) is 8.74. The van der Waals surface area contributed by atoms with Crippen LogP contribution >= 0.6 is 11.3 Å². The van der Waals surface area contributed by atoms with Crippen LogP contribution in [0.25, 0.3) is 0 Å². The summed E-state index contributed by atoms with van der Waals surface area (Å²) >= 11 is 1.80. The van der Waals surface area contributed by atoms with Crippen molar-refractivity contribution < 1.29 is 8.78 Å². The number of hydrogen-bond donors (Lipinski definition) is 2. The molecule has 3 atom stereocenters. The summed E-state index contributed by atoms with van der Waals surface area (Å²) < 4.78 is 27.2. The quantitative estimate of drug-likeness (QED) is 0.573. The summed E-state index contributed by atoms with van der Waals surface area (Å²) in [4.78, 5) is 8.09. The standard InChI is InChI=1S/C21H28F2N4S/c1-14(17-9-8-16(22)12-18(17)23)26-21(24-2)25-13-15-6-4-10-27(3)20(15)19-7-5-11-28-19/h5,7-9,11-12,14-15,20H,4,6,10,13H2,1-3H3,(H2,24,25,26). The van der Waals surface area contributed by atoms with E-state index in [-0.39, 0.29) is 6.04 Å². The molecule has 1 saturated heterocycles. The van der Waals surface area contributed by atoms with Crippen LogP contribution in [0, 0.1) is 17.6 Å². The first-order valence-electron chi connectivity index (χ1n) is 9.65. The van der Waals surface area contributed by atoms with E-state index in [1.807, 2.05) is 6.92 Å². The Morgan fingerprint density at radius 2 is 2.18 bits per heavy atom. The van der Waals surface area contributed by atoms with Gasteiger partial charge in [-0.25, -0.2) is 8.78 Å². The third-order valence-corrected chi connectivity index (χ3v) is 6.32. The van der Waals surface area contributed by atoms with Crippen LogP contribution in [0.3, 0.4) is 0 Å². The first-order valence-corrected chi connectivity index (χ1v) is 10.5. The first kappa shape index (κ1) is 20.7. The number of piperidine rings is 1. The van der Waals surface area contributed by atoms with E-state index in [0.29, 0.717) is 23.5 Å². The zero-order valence-corrected chi connectivity index (χ0v) is 17.4. The highest BCUT2D eigenvalue weighted by Gasteiger charge is 2.31. The van der Waals surface area contributed by atoms with E-state index < -0.39 is 11.6 Å². The SMILES string of the molecule is CN=C(NCC1CCCN(C)C1c1cccs1)NC(C)c1ccc(F)cc1F. The van der Waals surface area contributed by atoms with Gasteiger partial charge in [-0.1, -0.05) is 12.1 Å². The van der Waals surface area contributed by atoms with E-state index in [4.69, 9.17) is 0 Å². The zero-order valence-electron chi connectivity index (χ0n) is 16.6. The summed E-state index contributed by atoms with van der Waals surface area (Å²) in [5.74, 6) is -0.0395. The molecule has 1 aromatic carbocycles. The molecule has 0 radical (unpaired) electrons. The van der Waals surface area contributed by atoms with E-state index in [0.717, 1.165) is 25.6 Å². The van der Waals surface area contributed by atoms with E-state index in [2.05, 4.69) is 45.1 Å². The lowest BCUT2D eigenvalue weighted by Crippen LogP contribution is -2.45. The third kappa shape index (κ3) is 4.89. The Kier molecular flexibility index (Phi) is 7.02. The number of aliphatic imine (C=N–C) groups is 1. The molecule has 0 bridgehead atoms. The van der Waals surface area contributed by atoms with Crippen molar-refractivity contribution >= 4 is 17.3 Å². The predicted molar refractivity (Wildman–Crippen MR) is 112 cm³/mol. The maximum atomic E-state index is 14.0. The minimum atomic E-state index is -0.572. The highest BCUT2D eigenvalue weighted by Crippen LogP contribution is 2.36. The molecule has 152 valence electrons. The minimum absolute atomic E-state index is 0.325. The molecule has 0 saturated carbocycles. The molecule has 28 heavy (non-hydrogen) atoms. The summed E-state index contributed by atoms with van der Waals surface area (Å²) in [6.07, 6.45) is 2.33. The number of hydrogen-bond acceptors (Lipinski definition) is 3. The minimum Gasteiger partial charge on any atom is -0.356 e. The molecule has 0 aliphatic carbocycles. The Labute approximate surface area is 169 Å². The predicted octanol–water partition coefficient (Wildman–Crippen LogP) is 4.34. The van der Waals surface area contributed by atoms with Crippen molar-refractivity contribution in [1.29, 1.82) is 0 Å². The molecule has 2 aromatic rings. The van der Waals surface area contributed by atoms with Crippen molar-refractivity contribution in [3.8, 4) is 0 Å². The van der Waals surface area contributed by atoms with Gasteiger partial charge < -0.3 is 10.6 Å². The average Bonchev–Trinajstić information content (AvgIpc) is 3.19. The molecule has 3 unspecified atom stereocenters. The monoisotopic (exact) mass is 406 g/mol. The topological polar surface area (TPSA) is 39.7 Å². The van der Waals surface area contributed by atoms with Gasteiger partial charge in [-0.15, -0.1) is 11.3 Å². The van der Waals surface area contributed by atoms with Crippen LogP contribution < -0.4 is 10.6 Å². The fraction of sp³-hybridized carbons (Fsp3) is 0.476. The van der Waals surface area contributed by atoms with Crippen molar-refractivity contribution in [3.05, 3.63) is 57.8 Å². The highest BCUT2D eigenvalue weighted by molar-refractivity contribution is 7.10. The van der Waals surface area contributed by atoms with Crippen molar-refractivity contribution in [1.82, 2.24) is 15.5 Å². The Balaban J connectivity index is 1.63. The number of thiophene rings is 1. The van der Waals surface area contributed by atoms with Gasteiger partial charge >= 0.3 is 0 Å².